The fourth-order valence-electron chi connectivity index (χ4n) is 1.49. The molecule has 1 aromatic rings. The largest absolute Gasteiger partial charge is 0.241 e. The molecule has 1 N–H and O–H groups in total. The van der Waals surface area contributed by atoms with Gasteiger partial charge in [-0.25, -0.2) is 17.5 Å². The summed E-state index contributed by atoms with van der Waals surface area (Å²) in [6.07, 6.45) is 1.75. The Morgan fingerprint density at radius 2 is 2.06 bits per heavy atom. The summed E-state index contributed by atoms with van der Waals surface area (Å²) in [4.78, 5) is 0.0634. The number of nitrogens with one attached hydrogen (secondary N) is 1. The Labute approximate surface area is 116 Å². The van der Waals surface area contributed by atoms with Gasteiger partial charge in [0.2, 0.25) is 10.0 Å². The molecule has 0 radical (unpaired) electrons. The van der Waals surface area contributed by atoms with Gasteiger partial charge in [-0.05, 0) is 52.9 Å². The van der Waals surface area contributed by atoms with Gasteiger partial charge in [0.15, 0.2) is 0 Å². The Morgan fingerprint density at radius 1 is 1.39 bits per heavy atom. The zero-order chi connectivity index (χ0) is 13.8. The van der Waals surface area contributed by atoms with Crippen LogP contribution < -0.4 is 4.72 Å². The number of hydrogen-bond donors (Lipinski definition) is 1. The number of rotatable bonds is 6. The van der Waals surface area contributed by atoms with Crippen LogP contribution in [0.15, 0.2) is 27.6 Å². The van der Waals surface area contributed by atoms with Gasteiger partial charge >= 0.3 is 0 Å². The molecule has 3 nitrogen and oxygen atoms in total. The molecule has 0 amide bonds. The molecule has 102 valence electrons. The Bertz CT molecular complexity index is 503. The maximum absolute atomic E-state index is 12.9. The summed E-state index contributed by atoms with van der Waals surface area (Å²) in [6.45, 7) is 4.57. The molecule has 0 aliphatic heterocycles. The first kappa shape index (κ1) is 15.6. The Hall–Kier alpha value is -0.460. The first-order valence-corrected chi connectivity index (χ1v) is 8.05. The lowest BCUT2D eigenvalue weighted by atomic mass is 10.1. The van der Waals surface area contributed by atoms with Gasteiger partial charge in [-0.1, -0.05) is 13.8 Å². The van der Waals surface area contributed by atoms with Crippen LogP contribution in [0.2, 0.25) is 0 Å². The van der Waals surface area contributed by atoms with Crippen molar-refractivity contribution in [3.05, 3.63) is 28.5 Å². The molecule has 0 aliphatic carbocycles. The molecule has 1 rings (SSSR count). The van der Waals surface area contributed by atoms with E-state index in [0.29, 0.717) is 12.5 Å². The molecule has 1 aromatic carbocycles. The van der Waals surface area contributed by atoms with E-state index in [-0.39, 0.29) is 9.37 Å². The smallest absolute Gasteiger partial charge is 0.211 e. The van der Waals surface area contributed by atoms with Crippen LogP contribution in [0.3, 0.4) is 0 Å². The molecule has 0 fully saturated rings. The third-order valence-corrected chi connectivity index (χ3v) is 4.87. The Morgan fingerprint density at radius 3 is 2.61 bits per heavy atom. The van der Waals surface area contributed by atoms with Crippen molar-refractivity contribution >= 4 is 26.0 Å². The van der Waals surface area contributed by atoms with Crippen LogP contribution >= 0.6 is 15.9 Å². The molecule has 0 saturated carbocycles. The lowest BCUT2D eigenvalue weighted by molar-refractivity contribution is 0.539. The van der Waals surface area contributed by atoms with Crippen LogP contribution in [0.4, 0.5) is 4.39 Å². The van der Waals surface area contributed by atoms with Crippen molar-refractivity contribution in [2.24, 2.45) is 5.92 Å². The van der Waals surface area contributed by atoms with Crippen LogP contribution in [-0.2, 0) is 10.0 Å². The molecule has 6 heteroatoms. The fraction of sp³-hybridized carbons (Fsp3) is 0.500. The maximum atomic E-state index is 12.9. The molecule has 0 spiro atoms. The van der Waals surface area contributed by atoms with E-state index in [9.17, 15) is 12.8 Å². The summed E-state index contributed by atoms with van der Waals surface area (Å²) >= 11 is 3.06. The highest BCUT2D eigenvalue weighted by Crippen LogP contribution is 2.22. The van der Waals surface area contributed by atoms with Gasteiger partial charge in [0.05, 0.1) is 4.90 Å². The fourth-order valence-corrected chi connectivity index (χ4v) is 3.61. The van der Waals surface area contributed by atoms with Crippen LogP contribution in [0.25, 0.3) is 0 Å². The zero-order valence-electron chi connectivity index (χ0n) is 10.4. The predicted molar refractivity (Wildman–Crippen MR) is 73.4 cm³/mol. The minimum absolute atomic E-state index is 0.0634. The van der Waals surface area contributed by atoms with E-state index >= 15 is 0 Å². The molecule has 18 heavy (non-hydrogen) atoms. The molecule has 0 saturated heterocycles. The molecular weight excluding hydrogens is 321 g/mol. The first-order chi connectivity index (χ1) is 8.33. The topological polar surface area (TPSA) is 46.2 Å². The third kappa shape index (κ3) is 4.66. The van der Waals surface area contributed by atoms with Crippen molar-refractivity contribution < 1.29 is 12.8 Å². The number of hydrogen-bond acceptors (Lipinski definition) is 2. The molecule has 0 heterocycles. The SMILES string of the molecule is CC(C)CCCNS(=O)(=O)c1ccc(F)cc1Br. The second kappa shape index (κ2) is 6.63. The minimum Gasteiger partial charge on any atom is -0.211 e. The average molecular weight is 338 g/mol. The van der Waals surface area contributed by atoms with Crippen molar-refractivity contribution in [1.82, 2.24) is 4.72 Å². The molecule has 0 aromatic heterocycles. The van der Waals surface area contributed by atoms with Gasteiger partial charge in [0, 0.05) is 11.0 Å². The lowest BCUT2D eigenvalue weighted by Gasteiger charge is -2.09. The molecule has 0 atom stereocenters. The van der Waals surface area contributed by atoms with E-state index in [1.54, 1.807) is 0 Å². The van der Waals surface area contributed by atoms with E-state index in [1.807, 2.05) is 0 Å². The predicted octanol–water partition coefficient (Wildman–Crippen LogP) is 3.30. The van der Waals surface area contributed by atoms with Crippen LogP contribution in [0, 0.1) is 11.7 Å². The highest BCUT2D eigenvalue weighted by atomic mass is 79.9. The summed E-state index contributed by atoms with van der Waals surface area (Å²) in [5, 5.41) is 0. The van der Waals surface area contributed by atoms with Crippen molar-refractivity contribution in [3.63, 3.8) is 0 Å². The summed E-state index contributed by atoms with van der Waals surface area (Å²) in [7, 11) is -3.57. The third-order valence-electron chi connectivity index (χ3n) is 2.43. The van der Waals surface area contributed by atoms with Gasteiger partial charge in [-0.2, -0.15) is 0 Å². The standard InChI is InChI=1S/C12H17BrFNO2S/c1-9(2)4-3-7-15-18(16,17)12-6-5-10(14)8-11(12)13/h5-6,8-9,15H,3-4,7H2,1-2H3. The first-order valence-electron chi connectivity index (χ1n) is 5.77. The molecule has 0 unspecified atom stereocenters. The summed E-state index contributed by atoms with van der Waals surface area (Å²) in [5.74, 6) is 0.0766. The van der Waals surface area contributed by atoms with E-state index in [1.165, 1.54) is 6.07 Å². The van der Waals surface area contributed by atoms with Crippen molar-refractivity contribution in [2.75, 3.05) is 6.54 Å². The minimum atomic E-state index is -3.57. The lowest BCUT2D eigenvalue weighted by Crippen LogP contribution is -2.25. The monoisotopic (exact) mass is 337 g/mol. The molecule has 0 aliphatic rings. The number of halogens is 2. The van der Waals surface area contributed by atoms with Crippen molar-refractivity contribution in [1.29, 1.82) is 0 Å². The van der Waals surface area contributed by atoms with E-state index in [4.69, 9.17) is 0 Å². The van der Waals surface area contributed by atoms with Gasteiger partial charge in [-0.15, -0.1) is 0 Å². The summed E-state index contributed by atoms with van der Waals surface area (Å²) in [5.41, 5.74) is 0. The zero-order valence-corrected chi connectivity index (χ0v) is 12.8. The Balaban J connectivity index is 2.69. The van der Waals surface area contributed by atoms with Gasteiger partial charge in [0.1, 0.15) is 5.82 Å². The van der Waals surface area contributed by atoms with E-state index in [2.05, 4.69) is 34.5 Å². The highest BCUT2D eigenvalue weighted by Gasteiger charge is 2.17. The summed E-state index contributed by atoms with van der Waals surface area (Å²) < 4.78 is 39.5. The number of benzene rings is 1. The van der Waals surface area contributed by atoms with Gasteiger partial charge in [0.25, 0.3) is 0 Å². The van der Waals surface area contributed by atoms with Crippen molar-refractivity contribution in [2.45, 2.75) is 31.6 Å². The van der Waals surface area contributed by atoms with Gasteiger partial charge < -0.3 is 0 Å². The molecule has 0 bridgehead atoms. The normalized spacial score (nSPS) is 12.1. The van der Waals surface area contributed by atoms with Crippen LogP contribution in [0.1, 0.15) is 26.7 Å². The van der Waals surface area contributed by atoms with E-state index in [0.717, 1.165) is 25.0 Å². The quantitative estimate of drug-likeness (QED) is 0.809. The summed E-state index contributed by atoms with van der Waals surface area (Å²) in [6, 6.07) is 3.53. The van der Waals surface area contributed by atoms with Crippen molar-refractivity contribution in [3.8, 4) is 0 Å². The van der Waals surface area contributed by atoms with E-state index < -0.39 is 15.8 Å². The second-order valence-corrected chi connectivity index (χ2v) is 7.10. The maximum Gasteiger partial charge on any atom is 0.241 e. The van der Waals surface area contributed by atoms with Gasteiger partial charge in [-0.3, -0.25) is 0 Å². The highest BCUT2D eigenvalue weighted by molar-refractivity contribution is 9.10. The average Bonchev–Trinajstić information content (AvgIpc) is 2.23. The van der Waals surface area contributed by atoms with Crippen LogP contribution in [-0.4, -0.2) is 15.0 Å². The Kier molecular flexibility index (Phi) is 5.75. The molecular formula is C12H17BrFNO2S. The second-order valence-electron chi connectivity index (χ2n) is 4.51. The number of sulfonamides is 1. The van der Waals surface area contributed by atoms with Crippen LogP contribution in [0.5, 0.6) is 0 Å².